The van der Waals surface area contributed by atoms with E-state index >= 15 is 0 Å². The van der Waals surface area contributed by atoms with E-state index in [1.165, 1.54) is 0 Å². The van der Waals surface area contributed by atoms with Crippen molar-refractivity contribution in [1.82, 2.24) is 20.4 Å². The van der Waals surface area contributed by atoms with Gasteiger partial charge in [-0.2, -0.15) is 4.98 Å². The largest absolute Gasteiger partial charge is 0.347 e. The Morgan fingerprint density at radius 3 is 2.64 bits per heavy atom. The van der Waals surface area contributed by atoms with Crippen LogP contribution in [0.2, 0.25) is 0 Å². The van der Waals surface area contributed by atoms with Crippen LogP contribution in [-0.2, 0) is 9.59 Å². The molecule has 2 amide bonds. The van der Waals surface area contributed by atoms with E-state index < -0.39 is 0 Å². The van der Waals surface area contributed by atoms with Crippen LogP contribution in [0, 0.1) is 12.8 Å². The lowest BCUT2D eigenvalue weighted by Crippen LogP contribution is -2.44. The van der Waals surface area contributed by atoms with Gasteiger partial charge < -0.3 is 14.7 Å². The van der Waals surface area contributed by atoms with Crippen LogP contribution in [-0.4, -0.2) is 46.5 Å². The second-order valence-electron chi connectivity index (χ2n) is 5.86. The van der Waals surface area contributed by atoms with Crippen LogP contribution in [0.4, 0.5) is 0 Å². The molecule has 1 saturated heterocycles. The summed E-state index contributed by atoms with van der Waals surface area (Å²) in [6.07, 6.45) is 2.40. The first-order valence-electron chi connectivity index (χ1n) is 7.87. The fraction of sp³-hybridized carbons (Fsp3) is 0.733. The summed E-state index contributed by atoms with van der Waals surface area (Å²) < 4.78 is 5.20. The SMILES string of the molecule is CCC(C)C(=O)NCC(=O)N1CCC(c2nc(C)no2)CC1. The summed E-state index contributed by atoms with van der Waals surface area (Å²) in [5, 5.41) is 6.51. The molecule has 1 aliphatic heterocycles. The zero-order valence-electron chi connectivity index (χ0n) is 13.5. The molecule has 1 fully saturated rings. The van der Waals surface area contributed by atoms with Crippen LogP contribution in [0.25, 0.3) is 0 Å². The van der Waals surface area contributed by atoms with Crippen molar-refractivity contribution in [3.63, 3.8) is 0 Å². The number of nitrogens with one attached hydrogen (secondary N) is 1. The Labute approximate surface area is 130 Å². The minimum atomic E-state index is -0.0629. The van der Waals surface area contributed by atoms with E-state index in [0.29, 0.717) is 24.8 Å². The number of likely N-dealkylation sites (tertiary alicyclic amines) is 1. The molecule has 0 aromatic carbocycles. The lowest BCUT2D eigenvalue weighted by molar-refractivity contribution is -0.134. The van der Waals surface area contributed by atoms with E-state index in [9.17, 15) is 9.59 Å². The van der Waals surface area contributed by atoms with Crippen molar-refractivity contribution < 1.29 is 14.1 Å². The molecule has 0 saturated carbocycles. The highest BCUT2D eigenvalue weighted by Gasteiger charge is 2.27. The molecule has 2 rings (SSSR count). The Morgan fingerprint density at radius 2 is 2.09 bits per heavy atom. The second-order valence-corrected chi connectivity index (χ2v) is 5.86. The van der Waals surface area contributed by atoms with Crippen LogP contribution >= 0.6 is 0 Å². The van der Waals surface area contributed by atoms with E-state index in [2.05, 4.69) is 15.5 Å². The average molecular weight is 308 g/mol. The number of rotatable bonds is 5. The molecule has 2 heterocycles. The number of amides is 2. The van der Waals surface area contributed by atoms with Crippen molar-refractivity contribution in [3.05, 3.63) is 11.7 Å². The third kappa shape index (κ3) is 4.05. The van der Waals surface area contributed by atoms with E-state index in [1.807, 2.05) is 13.8 Å². The Balaban J connectivity index is 1.76. The maximum absolute atomic E-state index is 12.1. The third-order valence-electron chi connectivity index (χ3n) is 4.21. The van der Waals surface area contributed by atoms with Crippen LogP contribution in [0.15, 0.2) is 4.52 Å². The molecule has 0 spiro atoms. The number of carbonyl (C=O) groups excluding carboxylic acids is 2. The fourth-order valence-corrected chi connectivity index (χ4v) is 2.49. The van der Waals surface area contributed by atoms with Crippen LogP contribution in [0.3, 0.4) is 0 Å². The zero-order chi connectivity index (χ0) is 16.1. The van der Waals surface area contributed by atoms with Crippen molar-refractivity contribution in [2.45, 2.75) is 46.0 Å². The molecule has 1 atom stereocenters. The molecule has 1 aromatic heterocycles. The smallest absolute Gasteiger partial charge is 0.241 e. The van der Waals surface area contributed by atoms with Gasteiger partial charge in [0, 0.05) is 24.9 Å². The van der Waals surface area contributed by atoms with Gasteiger partial charge in [-0.25, -0.2) is 0 Å². The van der Waals surface area contributed by atoms with Crippen molar-refractivity contribution in [3.8, 4) is 0 Å². The molecular weight excluding hydrogens is 284 g/mol. The lowest BCUT2D eigenvalue weighted by atomic mass is 9.97. The normalized spacial score (nSPS) is 17.3. The molecular formula is C15H24N4O3. The molecule has 1 N–H and O–H groups in total. The lowest BCUT2D eigenvalue weighted by Gasteiger charge is -2.30. The van der Waals surface area contributed by atoms with Gasteiger partial charge in [0.25, 0.3) is 0 Å². The minimum absolute atomic E-state index is 0.0307. The first-order valence-corrected chi connectivity index (χ1v) is 7.87. The number of hydrogen-bond acceptors (Lipinski definition) is 5. The van der Waals surface area contributed by atoms with Crippen LogP contribution in [0.5, 0.6) is 0 Å². The number of carbonyl (C=O) groups is 2. The number of nitrogens with zero attached hydrogens (tertiary/aromatic N) is 3. The number of piperidine rings is 1. The first kappa shape index (κ1) is 16.5. The van der Waals surface area contributed by atoms with E-state index in [-0.39, 0.29) is 30.2 Å². The number of aromatic nitrogens is 2. The number of hydrogen-bond donors (Lipinski definition) is 1. The summed E-state index contributed by atoms with van der Waals surface area (Å²) >= 11 is 0. The number of aryl methyl sites for hydroxylation is 1. The summed E-state index contributed by atoms with van der Waals surface area (Å²) in [5.41, 5.74) is 0. The molecule has 7 heteroatoms. The first-order chi connectivity index (χ1) is 10.5. The molecule has 122 valence electrons. The molecule has 1 unspecified atom stereocenters. The summed E-state index contributed by atoms with van der Waals surface area (Å²) in [4.78, 5) is 29.9. The highest BCUT2D eigenvalue weighted by molar-refractivity contribution is 5.85. The predicted molar refractivity (Wildman–Crippen MR) is 80.1 cm³/mol. The highest BCUT2D eigenvalue weighted by Crippen LogP contribution is 2.26. The van der Waals surface area contributed by atoms with Crippen molar-refractivity contribution in [2.24, 2.45) is 5.92 Å². The Kier molecular flexibility index (Phi) is 5.51. The van der Waals surface area contributed by atoms with Crippen molar-refractivity contribution in [1.29, 1.82) is 0 Å². The Bertz CT molecular complexity index is 521. The monoisotopic (exact) mass is 308 g/mol. The van der Waals surface area contributed by atoms with Crippen molar-refractivity contribution in [2.75, 3.05) is 19.6 Å². The quantitative estimate of drug-likeness (QED) is 0.884. The van der Waals surface area contributed by atoms with Gasteiger partial charge in [-0.05, 0) is 26.2 Å². The second kappa shape index (κ2) is 7.38. The van der Waals surface area contributed by atoms with Gasteiger partial charge >= 0.3 is 0 Å². The maximum Gasteiger partial charge on any atom is 0.241 e. The minimum Gasteiger partial charge on any atom is -0.347 e. The topological polar surface area (TPSA) is 88.3 Å². The van der Waals surface area contributed by atoms with E-state index in [1.54, 1.807) is 11.8 Å². The molecule has 22 heavy (non-hydrogen) atoms. The van der Waals surface area contributed by atoms with E-state index in [0.717, 1.165) is 19.3 Å². The van der Waals surface area contributed by atoms with Gasteiger partial charge in [0.15, 0.2) is 5.82 Å². The molecule has 0 bridgehead atoms. The van der Waals surface area contributed by atoms with Crippen LogP contribution < -0.4 is 5.32 Å². The molecule has 0 radical (unpaired) electrons. The van der Waals surface area contributed by atoms with Gasteiger partial charge in [-0.3, -0.25) is 9.59 Å². The maximum atomic E-state index is 12.1. The molecule has 7 nitrogen and oxygen atoms in total. The van der Waals surface area contributed by atoms with Gasteiger partial charge in [-0.1, -0.05) is 19.0 Å². The summed E-state index contributed by atoms with van der Waals surface area (Å²) in [6, 6.07) is 0. The standard InChI is InChI=1S/C15H24N4O3/c1-4-10(2)14(21)16-9-13(20)19-7-5-12(6-8-19)15-17-11(3)18-22-15/h10,12H,4-9H2,1-3H3,(H,16,21). The summed E-state index contributed by atoms with van der Waals surface area (Å²) in [7, 11) is 0. The predicted octanol–water partition coefficient (Wildman–Crippen LogP) is 1.25. The average Bonchev–Trinajstić information content (AvgIpc) is 2.98. The highest BCUT2D eigenvalue weighted by atomic mass is 16.5. The van der Waals surface area contributed by atoms with Gasteiger partial charge in [0.05, 0.1) is 6.54 Å². The summed E-state index contributed by atoms with van der Waals surface area (Å²) in [6.45, 7) is 7.00. The van der Waals surface area contributed by atoms with E-state index in [4.69, 9.17) is 4.52 Å². The third-order valence-corrected chi connectivity index (χ3v) is 4.21. The van der Waals surface area contributed by atoms with Crippen LogP contribution in [0.1, 0.15) is 50.7 Å². The molecule has 1 aromatic rings. The Morgan fingerprint density at radius 1 is 1.41 bits per heavy atom. The molecule has 0 aliphatic carbocycles. The van der Waals surface area contributed by atoms with Crippen molar-refractivity contribution >= 4 is 11.8 Å². The van der Waals surface area contributed by atoms with Gasteiger partial charge in [-0.15, -0.1) is 0 Å². The zero-order valence-corrected chi connectivity index (χ0v) is 13.5. The van der Waals surface area contributed by atoms with Gasteiger partial charge in [0.2, 0.25) is 17.7 Å². The summed E-state index contributed by atoms with van der Waals surface area (Å²) in [5.74, 6) is 1.37. The van der Waals surface area contributed by atoms with Gasteiger partial charge in [0.1, 0.15) is 0 Å². The fourth-order valence-electron chi connectivity index (χ4n) is 2.49. The molecule has 1 aliphatic rings. The Hall–Kier alpha value is -1.92.